The van der Waals surface area contributed by atoms with Crippen molar-refractivity contribution >= 4 is 21.7 Å². The lowest BCUT2D eigenvalue weighted by Crippen LogP contribution is -2.45. The number of rotatable bonds is 15. The number of nitrogens with zero attached hydrogens (tertiary/aromatic N) is 4. The second-order valence-electron chi connectivity index (χ2n) is 9.55. The summed E-state index contributed by atoms with van der Waals surface area (Å²) in [5.41, 5.74) is 6.77. The van der Waals surface area contributed by atoms with Crippen molar-refractivity contribution in [1.29, 1.82) is 0 Å². The third kappa shape index (κ3) is 10.7. The maximum atomic E-state index is 13.2. The third-order valence-corrected chi connectivity index (χ3v) is 8.43. The topological polar surface area (TPSA) is 122 Å². The van der Waals surface area contributed by atoms with Crippen LogP contribution in [0.2, 0.25) is 0 Å². The molecule has 0 atom stereocenters. The Labute approximate surface area is 216 Å². The number of morpholine rings is 1. The molecule has 1 saturated heterocycles. The monoisotopic (exact) mass is 524 g/mol. The highest BCUT2D eigenvalue weighted by Gasteiger charge is 2.32. The molecule has 2 aliphatic rings. The van der Waals surface area contributed by atoms with Gasteiger partial charge in [0, 0.05) is 44.3 Å². The Bertz CT molecular complexity index is 859. The van der Waals surface area contributed by atoms with Crippen molar-refractivity contribution in [3.63, 3.8) is 0 Å². The number of anilines is 1. The van der Waals surface area contributed by atoms with Crippen LogP contribution in [-0.4, -0.2) is 86.5 Å². The van der Waals surface area contributed by atoms with Crippen LogP contribution < -0.4 is 11.1 Å². The molecule has 1 aliphatic carbocycles. The minimum atomic E-state index is -3.45. The number of pyridine rings is 1. The smallest absolute Gasteiger partial charge is 0.236 e. The van der Waals surface area contributed by atoms with Crippen LogP contribution in [-0.2, 0) is 19.6 Å². The van der Waals surface area contributed by atoms with Gasteiger partial charge < -0.3 is 15.8 Å². The fourth-order valence-electron chi connectivity index (χ4n) is 4.63. The van der Waals surface area contributed by atoms with Gasteiger partial charge in [-0.25, -0.2) is 8.42 Å². The molecule has 1 aliphatic heterocycles. The zero-order valence-electron chi connectivity index (χ0n) is 21.5. The quantitative estimate of drug-likeness (QED) is 0.155. The Hall–Kier alpha value is -1.79. The van der Waals surface area contributed by atoms with Crippen molar-refractivity contribution in [3.8, 4) is 0 Å². The number of hydrogen-bond donors (Lipinski definition) is 2. The average molecular weight is 525 g/mol. The molecule has 2 heterocycles. The Morgan fingerprint density at radius 2 is 1.81 bits per heavy atom. The van der Waals surface area contributed by atoms with Crippen LogP contribution in [0.25, 0.3) is 0 Å². The van der Waals surface area contributed by atoms with E-state index in [1.54, 1.807) is 12.4 Å². The van der Waals surface area contributed by atoms with Crippen LogP contribution in [0.15, 0.2) is 29.5 Å². The van der Waals surface area contributed by atoms with E-state index in [0.29, 0.717) is 25.5 Å². The SMILES string of the molecule is NC(=NCCCCCCCS(=O)(=O)N(OCCN1CCOCC1)C1CCCCC1)Nc1ccncc1. The first-order valence-corrected chi connectivity index (χ1v) is 15.1. The molecule has 3 N–H and O–H groups in total. The van der Waals surface area contributed by atoms with E-state index < -0.39 is 10.0 Å². The molecular weight excluding hydrogens is 480 g/mol. The lowest BCUT2D eigenvalue weighted by atomic mass is 9.96. The van der Waals surface area contributed by atoms with Crippen molar-refractivity contribution in [3.05, 3.63) is 24.5 Å². The fourth-order valence-corrected chi connectivity index (χ4v) is 6.28. The first-order chi connectivity index (χ1) is 17.5. The van der Waals surface area contributed by atoms with Crippen LogP contribution >= 0.6 is 0 Å². The number of aliphatic imine (C=N–C) groups is 1. The summed E-state index contributed by atoms with van der Waals surface area (Å²) < 4.78 is 33.2. The van der Waals surface area contributed by atoms with Crippen LogP contribution in [0.1, 0.15) is 64.2 Å². The van der Waals surface area contributed by atoms with Crippen LogP contribution in [0.3, 0.4) is 0 Å². The van der Waals surface area contributed by atoms with Gasteiger partial charge >= 0.3 is 0 Å². The predicted octanol–water partition coefficient (Wildman–Crippen LogP) is 2.99. The molecule has 0 amide bonds. The van der Waals surface area contributed by atoms with Crippen molar-refractivity contribution in [2.24, 2.45) is 10.7 Å². The Balaban J connectivity index is 1.33. The molecule has 0 spiro atoms. The van der Waals surface area contributed by atoms with Gasteiger partial charge in [0.25, 0.3) is 0 Å². The largest absolute Gasteiger partial charge is 0.379 e. The molecule has 1 aromatic heterocycles. The average Bonchev–Trinajstić information content (AvgIpc) is 2.89. The number of nitrogens with two attached hydrogens (primary N) is 1. The molecule has 1 saturated carbocycles. The highest BCUT2D eigenvalue weighted by atomic mass is 32.2. The van der Waals surface area contributed by atoms with E-state index in [1.165, 1.54) is 10.9 Å². The van der Waals surface area contributed by atoms with Crippen LogP contribution in [0.4, 0.5) is 5.69 Å². The van der Waals surface area contributed by atoms with Crippen LogP contribution in [0, 0.1) is 0 Å². The first-order valence-electron chi connectivity index (χ1n) is 13.5. The molecule has 3 rings (SSSR count). The summed E-state index contributed by atoms with van der Waals surface area (Å²) in [5.74, 6) is 0.533. The second-order valence-corrected chi connectivity index (χ2v) is 11.5. The number of hydroxylamine groups is 1. The van der Waals surface area contributed by atoms with E-state index in [2.05, 4.69) is 20.2 Å². The summed E-state index contributed by atoms with van der Waals surface area (Å²) in [5, 5.41) is 3.04. The molecule has 2 fully saturated rings. The predicted molar refractivity (Wildman–Crippen MR) is 143 cm³/mol. The summed E-state index contributed by atoms with van der Waals surface area (Å²) in [6.07, 6.45) is 12.9. The van der Waals surface area contributed by atoms with Gasteiger partial charge in [-0.15, -0.1) is 0 Å². The normalized spacial score (nSPS) is 18.5. The summed E-state index contributed by atoms with van der Waals surface area (Å²) in [4.78, 5) is 16.5. The molecule has 36 heavy (non-hydrogen) atoms. The van der Waals surface area contributed by atoms with E-state index in [-0.39, 0.29) is 11.8 Å². The van der Waals surface area contributed by atoms with Gasteiger partial charge in [0.2, 0.25) is 10.0 Å². The third-order valence-electron chi connectivity index (χ3n) is 6.67. The molecule has 11 heteroatoms. The van der Waals surface area contributed by atoms with E-state index in [1.807, 2.05) is 12.1 Å². The van der Waals surface area contributed by atoms with E-state index in [0.717, 1.165) is 89.9 Å². The van der Waals surface area contributed by atoms with Crippen molar-refractivity contribution < 1.29 is 18.0 Å². The maximum Gasteiger partial charge on any atom is 0.236 e. The number of sulfonamides is 1. The lowest BCUT2D eigenvalue weighted by molar-refractivity contribution is -0.126. The van der Waals surface area contributed by atoms with E-state index in [9.17, 15) is 8.42 Å². The molecular formula is C25H44N6O4S. The first kappa shape index (κ1) is 28.8. The molecule has 204 valence electrons. The van der Waals surface area contributed by atoms with Gasteiger partial charge in [-0.1, -0.05) is 43.0 Å². The number of nitrogens with one attached hydrogen (secondary N) is 1. The van der Waals surface area contributed by atoms with Crippen molar-refractivity contribution in [2.75, 3.05) is 57.1 Å². The number of hydrogen-bond acceptors (Lipinski definition) is 7. The van der Waals surface area contributed by atoms with Crippen molar-refractivity contribution in [2.45, 2.75) is 70.3 Å². The Morgan fingerprint density at radius 3 is 2.56 bits per heavy atom. The molecule has 10 nitrogen and oxygen atoms in total. The molecule has 0 bridgehead atoms. The standard InChI is InChI=1S/C25H44N6O4S/c26-25(29-23-11-14-27-15-12-23)28-13-7-2-1-3-8-22-36(32,33)31(24-9-5-4-6-10-24)35-21-18-30-16-19-34-20-17-30/h11-12,14-15,24H,1-10,13,16-22H2,(H3,26,27,28,29). The lowest BCUT2D eigenvalue weighted by Gasteiger charge is -2.33. The van der Waals surface area contributed by atoms with E-state index >= 15 is 0 Å². The summed E-state index contributed by atoms with van der Waals surface area (Å²) >= 11 is 0. The molecule has 1 aromatic rings. The maximum absolute atomic E-state index is 13.2. The van der Waals surface area contributed by atoms with Crippen LogP contribution in [0.5, 0.6) is 0 Å². The molecule has 0 radical (unpaired) electrons. The van der Waals surface area contributed by atoms with Crippen molar-refractivity contribution in [1.82, 2.24) is 14.4 Å². The zero-order chi connectivity index (χ0) is 25.5. The number of ether oxygens (including phenoxy) is 1. The second kappa shape index (κ2) is 16.1. The van der Waals surface area contributed by atoms with Gasteiger partial charge in [-0.05, 0) is 37.8 Å². The minimum Gasteiger partial charge on any atom is -0.379 e. The number of guanidine groups is 1. The van der Waals surface area contributed by atoms with Gasteiger partial charge in [0.1, 0.15) is 0 Å². The van der Waals surface area contributed by atoms with Gasteiger partial charge in [-0.2, -0.15) is 0 Å². The summed E-state index contributed by atoms with van der Waals surface area (Å²) in [6.45, 7) is 4.98. The minimum absolute atomic E-state index is 0.0301. The number of aromatic nitrogens is 1. The van der Waals surface area contributed by atoms with E-state index in [4.69, 9.17) is 15.3 Å². The molecule has 0 unspecified atom stereocenters. The summed E-state index contributed by atoms with van der Waals surface area (Å²) in [6, 6.07) is 3.64. The fraction of sp³-hybridized carbons (Fsp3) is 0.760. The highest BCUT2D eigenvalue weighted by molar-refractivity contribution is 7.88. The van der Waals surface area contributed by atoms with Gasteiger partial charge in [0.15, 0.2) is 5.96 Å². The Morgan fingerprint density at radius 1 is 1.11 bits per heavy atom. The zero-order valence-corrected chi connectivity index (χ0v) is 22.3. The van der Waals surface area contributed by atoms with Gasteiger partial charge in [-0.3, -0.25) is 19.7 Å². The number of unbranched alkanes of at least 4 members (excludes halogenated alkanes) is 4. The van der Waals surface area contributed by atoms with Gasteiger partial charge in [0.05, 0.1) is 31.6 Å². The Kier molecular flexibility index (Phi) is 12.9. The molecule has 0 aromatic carbocycles. The highest BCUT2D eigenvalue weighted by Crippen LogP contribution is 2.26. The summed E-state index contributed by atoms with van der Waals surface area (Å²) in [7, 11) is -3.45.